The summed E-state index contributed by atoms with van der Waals surface area (Å²) in [4.78, 5) is 8.92. The van der Waals surface area contributed by atoms with E-state index < -0.39 is 0 Å². The highest BCUT2D eigenvalue weighted by Gasteiger charge is 2.15. The summed E-state index contributed by atoms with van der Waals surface area (Å²) in [5.74, 6) is 1.75. The van der Waals surface area contributed by atoms with Crippen LogP contribution in [0, 0.1) is 0 Å². The number of aliphatic imine (C=N–C) groups is 1. The van der Waals surface area contributed by atoms with E-state index in [9.17, 15) is 0 Å². The van der Waals surface area contributed by atoms with Crippen LogP contribution in [0.25, 0.3) is 17.4 Å². The third-order valence-electron chi connectivity index (χ3n) is 4.11. The molecule has 0 radical (unpaired) electrons. The molecule has 0 bridgehead atoms. The molecule has 3 aromatic rings. The summed E-state index contributed by atoms with van der Waals surface area (Å²) in [6, 6.07) is 18.2. The van der Waals surface area contributed by atoms with Crippen molar-refractivity contribution in [3.63, 3.8) is 0 Å². The number of benzene rings is 1. The fraction of sp³-hybridized carbons (Fsp3) is 0.143. The number of allylic oxidation sites excluding steroid dienone is 1. The maximum Gasteiger partial charge on any atom is 0.134 e. The average Bonchev–Trinajstić information content (AvgIpc) is 3.12. The van der Waals surface area contributed by atoms with Gasteiger partial charge in [-0.3, -0.25) is 9.98 Å². The zero-order valence-electron chi connectivity index (χ0n) is 13.4. The van der Waals surface area contributed by atoms with Crippen molar-refractivity contribution in [3.05, 3.63) is 83.9 Å². The standard InChI is InChI=1S/C21H18N2O/c1-2-6-16(7-3-1)20-11-10-19(24-20)14-17-8-5-13-23-21(17)18-9-4-12-22-15-18/h1-4,6-7,9-12,14-15H,5,8,13H2/b17-14+. The van der Waals surface area contributed by atoms with Gasteiger partial charge in [-0.15, -0.1) is 0 Å². The molecule has 0 spiro atoms. The minimum atomic E-state index is 0.863. The Labute approximate surface area is 141 Å². The van der Waals surface area contributed by atoms with E-state index in [4.69, 9.17) is 9.41 Å². The van der Waals surface area contributed by atoms with Crippen molar-refractivity contribution in [2.75, 3.05) is 6.54 Å². The molecule has 1 aliphatic rings. The van der Waals surface area contributed by atoms with E-state index in [0.29, 0.717) is 0 Å². The Morgan fingerprint density at radius 2 is 1.79 bits per heavy atom. The smallest absolute Gasteiger partial charge is 0.134 e. The summed E-state index contributed by atoms with van der Waals surface area (Å²) in [5.41, 5.74) is 4.40. The number of hydrogen-bond acceptors (Lipinski definition) is 3. The number of nitrogens with zero attached hydrogens (tertiary/aromatic N) is 2. The van der Waals surface area contributed by atoms with Crippen LogP contribution in [0.15, 0.2) is 82.0 Å². The third-order valence-corrected chi connectivity index (χ3v) is 4.11. The second-order valence-electron chi connectivity index (χ2n) is 5.81. The lowest BCUT2D eigenvalue weighted by atomic mass is 9.96. The summed E-state index contributed by atoms with van der Waals surface area (Å²) in [5, 5.41) is 0. The molecule has 24 heavy (non-hydrogen) atoms. The molecule has 3 nitrogen and oxygen atoms in total. The van der Waals surface area contributed by atoms with Gasteiger partial charge in [-0.25, -0.2) is 0 Å². The molecule has 0 saturated heterocycles. The van der Waals surface area contributed by atoms with E-state index in [1.165, 1.54) is 5.57 Å². The van der Waals surface area contributed by atoms with Gasteiger partial charge < -0.3 is 4.42 Å². The highest BCUT2D eigenvalue weighted by Crippen LogP contribution is 2.26. The van der Waals surface area contributed by atoms with Crippen LogP contribution in [0.5, 0.6) is 0 Å². The molecule has 0 saturated carbocycles. The quantitative estimate of drug-likeness (QED) is 0.681. The van der Waals surface area contributed by atoms with Crippen molar-refractivity contribution in [1.29, 1.82) is 0 Å². The lowest BCUT2D eigenvalue weighted by Crippen LogP contribution is -2.11. The van der Waals surface area contributed by atoms with Crippen LogP contribution in [0.4, 0.5) is 0 Å². The fourth-order valence-electron chi connectivity index (χ4n) is 2.96. The molecule has 0 unspecified atom stereocenters. The van der Waals surface area contributed by atoms with Crippen molar-refractivity contribution >= 4 is 11.8 Å². The minimum absolute atomic E-state index is 0.863. The Balaban J connectivity index is 1.66. The van der Waals surface area contributed by atoms with Gasteiger partial charge in [0.2, 0.25) is 0 Å². The third kappa shape index (κ3) is 3.06. The van der Waals surface area contributed by atoms with E-state index in [1.54, 1.807) is 6.20 Å². The molecule has 118 valence electrons. The van der Waals surface area contributed by atoms with Gasteiger partial charge in [-0.05, 0) is 48.8 Å². The molecule has 0 fully saturated rings. The average molecular weight is 314 g/mol. The molecule has 3 heteroatoms. The SMILES string of the molecule is C(=C1/CCCN=C1c1cccnc1)/c1ccc(-c2ccccc2)o1. The largest absolute Gasteiger partial charge is 0.457 e. The number of pyridine rings is 1. The van der Waals surface area contributed by atoms with Crippen molar-refractivity contribution in [1.82, 2.24) is 4.98 Å². The zero-order valence-corrected chi connectivity index (χ0v) is 13.4. The van der Waals surface area contributed by atoms with Crippen LogP contribution in [0.3, 0.4) is 0 Å². The Bertz CT molecular complexity index is 876. The molecule has 3 heterocycles. The van der Waals surface area contributed by atoms with E-state index >= 15 is 0 Å². The normalized spacial score (nSPS) is 16.2. The molecule has 1 aromatic carbocycles. The summed E-state index contributed by atoms with van der Waals surface area (Å²) < 4.78 is 6.01. The van der Waals surface area contributed by atoms with Crippen LogP contribution in [-0.2, 0) is 0 Å². The van der Waals surface area contributed by atoms with Crippen LogP contribution in [0.1, 0.15) is 24.2 Å². The van der Waals surface area contributed by atoms with Gasteiger partial charge in [0.05, 0.1) is 5.71 Å². The second-order valence-corrected chi connectivity index (χ2v) is 5.81. The maximum atomic E-state index is 6.01. The van der Waals surface area contributed by atoms with Crippen molar-refractivity contribution < 1.29 is 4.42 Å². The Morgan fingerprint density at radius 1 is 0.917 bits per heavy atom. The predicted molar refractivity (Wildman–Crippen MR) is 97.0 cm³/mol. The molecule has 0 atom stereocenters. The molecular weight excluding hydrogens is 296 g/mol. The highest BCUT2D eigenvalue weighted by atomic mass is 16.3. The van der Waals surface area contributed by atoms with Crippen LogP contribution in [0.2, 0.25) is 0 Å². The molecule has 0 N–H and O–H groups in total. The van der Waals surface area contributed by atoms with E-state index in [1.807, 2.05) is 42.6 Å². The fourth-order valence-corrected chi connectivity index (χ4v) is 2.96. The lowest BCUT2D eigenvalue weighted by Gasteiger charge is -2.15. The summed E-state index contributed by atoms with van der Waals surface area (Å²) in [6.07, 6.45) is 7.85. The van der Waals surface area contributed by atoms with Gasteiger partial charge in [0.1, 0.15) is 11.5 Å². The molecule has 4 rings (SSSR count). The Morgan fingerprint density at radius 3 is 2.62 bits per heavy atom. The Hall–Kier alpha value is -2.94. The van der Waals surface area contributed by atoms with Gasteiger partial charge in [-0.1, -0.05) is 30.3 Å². The zero-order chi connectivity index (χ0) is 16.2. The molecular formula is C21H18N2O. The number of hydrogen-bond donors (Lipinski definition) is 0. The van der Waals surface area contributed by atoms with Crippen molar-refractivity contribution in [2.24, 2.45) is 4.99 Å². The number of furan rings is 1. The maximum absolute atomic E-state index is 6.01. The molecule has 2 aromatic heterocycles. The first kappa shape index (κ1) is 14.6. The van der Waals surface area contributed by atoms with Gasteiger partial charge in [0, 0.05) is 30.1 Å². The second kappa shape index (κ2) is 6.67. The molecule has 0 aliphatic carbocycles. The van der Waals surface area contributed by atoms with Crippen LogP contribution >= 0.6 is 0 Å². The minimum Gasteiger partial charge on any atom is -0.457 e. The first-order valence-corrected chi connectivity index (χ1v) is 8.21. The van der Waals surface area contributed by atoms with E-state index in [0.717, 1.165) is 47.7 Å². The monoisotopic (exact) mass is 314 g/mol. The first-order valence-electron chi connectivity index (χ1n) is 8.21. The van der Waals surface area contributed by atoms with Crippen LogP contribution < -0.4 is 0 Å². The number of aromatic nitrogens is 1. The van der Waals surface area contributed by atoms with Gasteiger partial charge in [0.15, 0.2) is 0 Å². The summed E-state index contributed by atoms with van der Waals surface area (Å²) >= 11 is 0. The van der Waals surface area contributed by atoms with Gasteiger partial charge in [-0.2, -0.15) is 0 Å². The molecule has 0 amide bonds. The topological polar surface area (TPSA) is 38.4 Å². The highest BCUT2D eigenvalue weighted by molar-refractivity contribution is 6.15. The van der Waals surface area contributed by atoms with E-state index in [2.05, 4.69) is 29.3 Å². The lowest BCUT2D eigenvalue weighted by molar-refractivity contribution is 0.571. The Kier molecular flexibility index (Phi) is 4.07. The van der Waals surface area contributed by atoms with Crippen LogP contribution in [-0.4, -0.2) is 17.2 Å². The first-order chi connectivity index (χ1) is 11.9. The van der Waals surface area contributed by atoms with Crippen molar-refractivity contribution in [2.45, 2.75) is 12.8 Å². The molecule has 1 aliphatic heterocycles. The van der Waals surface area contributed by atoms with Gasteiger partial charge in [0.25, 0.3) is 0 Å². The number of rotatable bonds is 3. The predicted octanol–water partition coefficient (Wildman–Crippen LogP) is 5.01. The summed E-state index contributed by atoms with van der Waals surface area (Å²) in [7, 11) is 0. The van der Waals surface area contributed by atoms with Gasteiger partial charge >= 0.3 is 0 Å². The van der Waals surface area contributed by atoms with Crippen molar-refractivity contribution in [3.8, 4) is 11.3 Å². The van der Waals surface area contributed by atoms with E-state index in [-0.39, 0.29) is 0 Å². The summed E-state index contributed by atoms with van der Waals surface area (Å²) in [6.45, 7) is 0.870.